The van der Waals surface area contributed by atoms with E-state index < -0.39 is 10.8 Å². The summed E-state index contributed by atoms with van der Waals surface area (Å²) in [7, 11) is -1.14. The molecule has 1 fully saturated rings. The molecule has 1 aliphatic rings. The molecule has 1 aromatic carbocycles. The number of nitrogens with two attached hydrogens (primary N) is 1. The van der Waals surface area contributed by atoms with Gasteiger partial charge in [0.25, 0.3) is 0 Å². The fraction of sp³-hybridized carbons (Fsp3) is 0.462. The van der Waals surface area contributed by atoms with Gasteiger partial charge in [-0.05, 0) is 31.0 Å². The van der Waals surface area contributed by atoms with E-state index in [-0.39, 0.29) is 16.9 Å². The number of carbonyl (C=O) groups excluding carboxylic acids is 1. The Bertz CT molecular complexity index is 473. The Balaban J connectivity index is 1.85. The van der Waals surface area contributed by atoms with Crippen LogP contribution in [-0.2, 0) is 20.3 Å². The number of nitrogens with one attached hydrogen (secondary N) is 1. The van der Waals surface area contributed by atoms with Crippen molar-refractivity contribution in [3.63, 3.8) is 0 Å². The van der Waals surface area contributed by atoms with Crippen molar-refractivity contribution in [3.05, 3.63) is 24.3 Å². The van der Waals surface area contributed by atoms with Gasteiger partial charge in [0.1, 0.15) is 5.75 Å². The van der Waals surface area contributed by atoms with Crippen molar-refractivity contribution in [2.45, 2.75) is 18.1 Å². The maximum atomic E-state index is 12.0. The lowest BCUT2D eigenvalue weighted by Crippen LogP contribution is -2.30. The molecule has 104 valence electrons. The van der Waals surface area contributed by atoms with Crippen LogP contribution >= 0.6 is 0 Å². The van der Waals surface area contributed by atoms with E-state index in [2.05, 4.69) is 5.32 Å². The Morgan fingerprint density at radius 1 is 1.42 bits per heavy atom. The van der Waals surface area contributed by atoms with E-state index in [9.17, 15) is 9.00 Å². The molecular weight excluding hydrogens is 264 g/mol. The summed E-state index contributed by atoms with van der Waals surface area (Å²) in [5.74, 6) is -0.213. The fourth-order valence-electron chi connectivity index (χ4n) is 2.00. The number of benzene rings is 1. The van der Waals surface area contributed by atoms with E-state index in [0.717, 1.165) is 12.8 Å². The third-order valence-corrected chi connectivity index (χ3v) is 4.75. The number of carbonyl (C=O) groups is 1. The predicted molar refractivity (Wildman–Crippen MR) is 76.3 cm³/mol. The van der Waals surface area contributed by atoms with Gasteiger partial charge < -0.3 is 15.8 Å². The van der Waals surface area contributed by atoms with Crippen molar-refractivity contribution in [1.82, 2.24) is 0 Å². The molecule has 0 bridgehead atoms. The molecule has 1 atom stereocenters. The van der Waals surface area contributed by atoms with Crippen LogP contribution in [0.1, 0.15) is 12.8 Å². The zero-order valence-electron chi connectivity index (χ0n) is 10.6. The van der Waals surface area contributed by atoms with Gasteiger partial charge >= 0.3 is 0 Å². The lowest BCUT2D eigenvalue weighted by Gasteiger charge is -2.21. The monoisotopic (exact) mass is 282 g/mol. The van der Waals surface area contributed by atoms with Gasteiger partial charge in [0.2, 0.25) is 5.91 Å². The molecule has 2 rings (SSSR count). The number of hydrogen-bond acceptors (Lipinski definition) is 4. The standard InChI is InChI=1S/C13H18N2O3S/c14-10-2-1-3-11(8-10)15-13(16)9-19(17)12-4-6-18-7-5-12/h1-3,8,12H,4-7,9,14H2,(H,15,16). The first-order valence-corrected chi connectivity index (χ1v) is 7.63. The molecule has 1 saturated heterocycles. The Hall–Kier alpha value is -1.40. The van der Waals surface area contributed by atoms with Crippen LogP contribution in [0.15, 0.2) is 24.3 Å². The van der Waals surface area contributed by atoms with Crippen molar-refractivity contribution >= 4 is 28.1 Å². The highest BCUT2D eigenvalue weighted by Crippen LogP contribution is 2.15. The Labute approximate surface area is 115 Å². The van der Waals surface area contributed by atoms with Gasteiger partial charge in [0, 0.05) is 40.6 Å². The second-order valence-corrected chi connectivity index (χ2v) is 6.23. The molecular formula is C13H18N2O3S. The van der Waals surface area contributed by atoms with Gasteiger partial charge in [-0.25, -0.2) is 0 Å². The molecule has 1 heterocycles. The highest BCUT2D eigenvalue weighted by molar-refractivity contribution is 7.86. The van der Waals surface area contributed by atoms with Gasteiger partial charge in [-0.2, -0.15) is 0 Å². The number of amides is 1. The summed E-state index contributed by atoms with van der Waals surface area (Å²) < 4.78 is 17.3. The maximum absolute atomic E-state index is 12.0. The van der Waals surface area contributed by atoms with E-state index in [0.29, 0.717) is 24.6 Å². The van der Waals surface area contributed by atoms with Crippen LogP contribution in [0.5, 0.6) is 0 Å². The summed E-state index contributed by atoms with van der Waals surface area (Å²) in [6.45, 7) is 1.26. The van der Waals surface area contributed by atoms with E-state index in [1.807, 2.05) is 0 Å². The summed E-state index contributed by atoms with van der Waals surface area (Å²) in [6, 6.07) is 6.94. The molecule has 0 saturated carbocycles. The number of hydrogen-bond donors (Lipinski definition) is 2. The Kier molecular flexibility index (Phi) is 4.93. The molecule has 0 aromatic heterocycles. The van der Waals surface area contributed by atoms with Crippen LogP contribution in [0.2, 0.25) is 0 Å². The first-order valence-electron chi connectivity index (χ1n) is 6.25. The largest absolute Gasteiger partial charge is 0.399 e. The van der Waals surface area contributed by atoms with Crippen LogP contribution in [0.4, 0.5) is 11.4 Å². The van der Waals surface area contributed by atoms with E-state index in [4.69, 9.17) is 10.5 Å². The van der Waals surface area contributed by atoms with Gasteiger partial charge in [0.05, 0.1) is 0 Å². The Morgan fingerprint density at radius 3 is 2.84 bits per heavy atom. The van der Waals surface area contributed by atoms with Crippen LogP contribution in [0.3, 0.4) is 0 Å². The molecule has 19 heavy (non-hydrogen) atoms. The lowest BCUT2D eigenvalue weighted by atomic mass is 10.2. The average molecular weight is 282 g/mol. The summed E-state index contributed by atoms with van der Waals surface area (Å²) in [5.41, 5.74) is 6.85. The van der Waals surface area contributed by atoms with E-state index in [1.165, 1.54) is 0 Å². The fourth-order valence-corrected chi connectivity index (χ4v) is 3.28. The zero-order valence-corrected chi connectivity index (χ0v) is 11.4. The predicted octanol–water partition coefficient (Wildman–Crippen LogP) is 1.13. The SMILES string of the molecule is Nc1cccc(NC(=O)CS(=O)C2CCOCC2)c1. The molecule has 5 nitrogen and oxygen atoms in total. The van der Waals surface area contributed by atoms with Gasteiger partial charge in [0.15, 0.2) is 0 Å². The molecule has 1 aliphatic heterocycles. The van der Waals surface area contributed by atoms with Crippen molar-refractivity contribution in [3.8, 4) is 0 Å². The first-order chi connectivity index (χ1) is 9.15. The minimum atomic E-state index is -1.14. The average Bonchev–Trinajstić information content (AvgIpc) is 2.39. The van der Waals surface area contributed by atoms with Crippen LogP contribution in [-0.4, -0.2) is 34.3 Å². The van der Waals surface area contributed by atoms with Gasteiger partial charge in [-0.3, -0.25) is 9.00 Å². The summed E-state index contributed by atoms with van der Waals surface area (Å²) >= 11 is 0. The van der Waals surface area contributed by atoms with Crippen LogP contribution in [0.25, 0.3) is 0 Å². The highest BCUT2D eigenvalue weighted by atomic mass is 32.2. The smallest absolute Gasteiger partial charge is 0.237 e. The molecule has 6 heteroatoms. The quantitative estimate of drug-likeness (QED) is 0.811. The zero-order chi connectivity index (χ0) is 13.7. The second-order valence-electron chi connectivity index (χ2n) is 4.51. The Morgan fingerprint density at radius 2 is 2.16 bits per heavy atom. The molecule has 0 radical (unpaired) electrons. The van der Waals surface area contributed by atoms with Crippen molar-refractivity contribution in [2.24, 2.45) is 0 Å². The minimum absolute atomic E-state index is 0.0272. The van der Waals surface area contributed by atoms with Crippen LogP contribution < -0.4 is 11.1 Å². The molecule has 1 aromatic rings. The van der Waals surface area contributed by atoms with Gasteiger partial charge in [-0.15, -0.1) is 0 Å². The summed E-state index contributed by atoms with van der Waals surface area (Å²) in [5, 5.41) is 2.78. The molecule has 1 unspecified atom stereocenters. The maximum Gasteiger partial charge on any atom is 0.237 e. The molecule has 1 amide bonds. The normalized spacial score (nSPS) is 17.9. The number of nitrogen functional groups attached to an aromatic ring is 1. The van der Waals surface area contributed by atoms with Crippen molar-refractivity contribution in [1.29, 1.82) is 0 Å². The molecule has 0 spiro atoms. The third-order valence-electron chi connectivity index (χ3n) is 2.98. The number of anilines is 2. The second kappa shape index (κ2) is 6.68. The number of ether oxygens (including phenoxy) is 1. The van der Waals surface area contributed by atoms with E-state index in [1.54, 1.807) is 24.3 Å². The van der Waals surface area contributed by atoms with Gasteiger partial charge in [-0.1, -0.05) is 6.07 Å². The molecule has 3 N–H and O–H groups in total. The van der Waals surface area contributed by atoms with Crippen molar-refractivity contribution < 1.29 is 13.7 Å². The number of rotatable bonds is 4. The lowest BCUT2D eigenvalue weighted by molar-refractivity contribution is -0.113. The molecule has 0 aliphatic carbocycles. The third kappa shape index (κ3) is 4.33. The minimum Gasteiger partial charge on any atom is -0.399 e. The highest BCUT2D eigenvalue weighted by Gasteiger charge is 2.22. The first kappa shape index (κ1) is 14.0. The van der Waals surface area contributed by atoms with Crippen LogP contribution in [0, 0.1) is 0 Å². The summed E-state index contributed by atoms with van der Waals surface area (Å²) in [4.78, 5) is 11.8. The topological polar surface area (TPSA) is 81.4 Å². The van der Waals surface area contributed by atoms with E-state index >= 15 is 0 Å². The van der Waals surface area contributed by atoms with Crippen molar-refractivity contribution in [2.75, 3.05) is 30.0 Å². The summed E-state index contributed by atoms with van der Waals surface area (Å²) in [6.07, 6.45) is 1.52.